The summed E-state index contributed by atoms with van der Waals surface area (Å²) in [5.74, 6) is -0.127. The number of imidazole rings is 1. The number of carbonyl (C=O) groups is 1. The second kappa shape index (κ2) is 6.74. The normalized spacial score (nSPS) is 11.1. The van der Waals surface area contributed by atoms with Gasteiger partial charge in [-0.05, 0) is 30.7 Å². The average Bonchev–Trinajstić information content (AvgIpc) is 3.25. The molecule has 5 nitrogen and oxygen atoms in total. The van der Waals surface area contributed by atoms with Gasteiger partial charge in [-0.1, -0.05) is 36.4 Å². The molecule has 0 spiro atoms. The number of carboxylic acid groups (broad SMARTS) is 1. The van der Waals surface area contributed by atoms with E-state index in [9.17, 15) is 4.79 Å². The Balaban J connectivity index is 1.78. The summed E-state index contributed by atoms with van der Waals surface area (Å²) in [6.07, 6.45) is 2.85. The molecule has 4 rings (SSSR count). The third kappa shape index (κ3) is 2.89. The third-order valence-corrected chi connectivity index (χ3v) is 5.18. The number of nitrogens with zero attached hydrogens (tertiary/aromatic N) is 2. The first kappa shape index (κ1) is 16.5. The number of carboxylic acids is 1. The first-order chi connectivity index (χ1) is 12.7. The van der Waals surface area contributed by atoms with Crippen LogP contribution < -0.4 is 5.73 Å². The summed E-state index contributed by atoms with van der Waals surface area (Å²) in [6, 6.07) is 15.1. The summed E-state index contributed by atoms with van der Waals surface area (Å²) in [5.41, 5.74) is 9.96. The van der Waals surface area contributed by atoms with Gasteiger partial charge in [-0.3, -0.25) is 4.40 Å². The third-order valence-electron chi connectivity index (χ3n) is 4.31. The van der Waals surface area contributed by atoms with Gasteiger partial charge in [-0.15, -0.1) is 11.3 Å². The zero-order valence-corrected chi connectivity index (χ0v) is 14.7. The Kier molecular flexibility index (Phi) is 4.28. The van der Waals surface area contributed by atoms with Crippen molar-refractivity contribution in [2.24, 2.45) is 5.73 Å². The van der Waals surface area contributed by atoms with Crippen LogP contribution in [0, 0.1) is 0 Å². The molecule has 4 aromatic rings. The topological polar surface area (TPSA) is 80.6 Å². The second-order valence-electron chi connectivity index (χ2n) is 5.98. The van der Waals surface area contributed by atoms with Crippen LogP contribution in [0.25, 0.3) is 27.5 Å². The predicted octanol–water partition coefficient (Wildman–Crippen LogP) is 3.93. The van der Waals surface area contributed by atoms with Crippen LogP contribution in [-0.4, -0.2) is 27.0 Å². The highest BCUT2D eigenvalue weighted by Crippen LogP contribution is 2.32. The number of aromatic nitrogens is 2. The number of benzene rings is 2. The summed E-state index contributed by atoms with van der Waals surface area (Å²) < 4.78 is 2.05. The Bertz CT molecular complexity index is 1060. The Morgan fingerprint density at radius 1 is 1.08 bits per heavy atom. The van der Waals surface area contributed by atoms with Crippen molar-refractivity contribution in [3.8, 4) is 22.6 Å². The van der Waals surface area contributed by atoms with E-state index in [4.69, 9.17) is 15.8 Å². The zero-order valence-electron chi connectivity index (χ0n) is 13.9. The van der Waals surface area contributed by atoms with Gasteiger partial charge in [0.2, 0.25) is 0 Å². The Labute approximate surface area is 154 Å². The highest BCUT2D eigenvalue weighted by Gasteiger charge is 2.15. The van der Waals surface area contributed by atoms with E-state index >= 15 is 0 Å². The molecule has 0 aliphatic carbocycles. The molecule has 6 heteroatoms. The van der Waals surface area contributed by atoms with Gasteiger partial charge in [0.05, 0.1) is 5.56 Å². The fourth-order valence-corrected chi connectivity index (χ4v) is 3.82. The number of fused-ring (bicyclic) bond motifs is 1. The molecule has 0 aliphatic heterocycles. The number of nitrogens with two attached hydrogens (primary N) is 1. The van der Waals surface area contributed by atoms with Crippen LogP contribution in [-0.2, 0) is 6.42 Å². The lowest BCUT2D eigenvalue weighted by Gasteiger charge is -2.01. The molecule has 0 aliphatic rings. The second-order valence-corrected chi connectivity index (χ2v) is 6.87. The van der Waals surface area contributed by atoms with Gasteiger partial charge in [-0.2, -0.15) is 0 Å². The van der Waals surface area contributed by atoms with Gasteiger partial charge >= 0.3 is 5.97 Å². The summed E-state index contributed by atoms with van der Waals surface area (Å²) >= 11 is 1.63. The van der Waals surface area contributed by atoms with Crippen molar-refractivity contribution in [2.45, 2.75) is 6.42 Å². The maximum atomic E-state index is 11.1. The largest absolute Gasteiger partial charge is 0.478 e. The monoisotopic (exact) mass is 363 g/mol. The molecule has 0 amide bonds. The number of rotatable bonds is 5. The Morgan fingerprint density at radius 2 is 1.77 bits per heavy atom. The number of hydrogen-bond acceptors (Lipinski definition) is 4. The molecule has 26 heavy (non-hydrogen) atoms. The SMILES string of the molecule is NCCc1ccc(-c2nc(-c3ccc(C(=O)O)cc3)n3ccsc23)cc1. The van der Waals surface area contributed by atoms with Crippen LogP contribution in [0.2, 0.25) is 0 Å². The van der Waals surface area contributed by atoms with Crippen LogP contribution in [0.4, 0.5) is 0 Å². The molecule has 130 valence electrons. The number of aromatic carboxylic acids is 1. The molecular formula is C20H17N3O2S. The van der Waals surface area contributed by atoms with Crippen molar-refractivity contribution >= 4 is 22.1 Å². The number of hydrogen-bond donors (Lipinski definition) is 2. The van der Waals surface area contributed by atoms with Gasteiger partial charge in [0.25, 0.3) is 0 Å². The fourth-order valence-electron chi connectivity index (χ4n) is 2.97. The lowest BCUT2D eigenvalue weighted by molar-refractivity contribution is 0.0697. The Hall–Kier alpha value is -2.96. The molecule has 2 heterocycles. The van der Waals surface area contributed by atoms with Crippen LogP contribution in [0.15, 0.2) is 60.1 Å². The van der Waals surface area contributed by atoms with Crippen molar-refractivity contribution in [1.82, 2.24) is 9.38 Å². The summed E-state index contributed by atoms with van der Waals surface area (Å²) in [7, 11) is 0. The minimum absolute atomic E-state index is 0.266. The summed E-state index contributed by atoms with van der Waals surface area (Å²) in [4.78, 5) is 17.0. The van der Waals surface area contributed by atoms with E-state index in [-0.39, 0.29) is 5.56 Å². The molecule has 0 fully saturated rings. The van der Waals surface area contributed by atoms with Crippen molar-refractivity contribution in [3.05, 3.63) is 71.2 Å². The van der Waals surface area contributed by atoms with Gasteiger partial charge < -0.3 is 10.8 Å². The van der Waals surface area contributed by atoms with E-state index in [1.807, 2.05) is 16.0 Å². The van der Waals surface area contributed by atoms with E-state index in [2.05, 4.69) is 24.3 Å². The zero-order chi connectivity index (χ0) is 18.1. The van der Waals surface area contributed by atoms with Crippen LogP contribution >= 0.6 is 11.3 Å². The van der Waals surface area contributed by atoms with Gasteiger partial charge in [0, 0.05) is 22.7 Å². The minimum atomic E-state index is -0.932. The van der Waals surface area contributed by atoms with Crippen LogP contribution in [0.1, 0.15) is 15.9 Å². The quantitative estimate of drug-likeness (QED) is 0.563. The maximum Gasteiger partial charge on any atom is 0.335 e. The maximum absolute atomic E-state index is 11.1. The molecule has 0 saturated heterocycles. The van der Waals surface area contributed by atoms with E-state index in [0.717, 1.165) is 33.9 Å². The molecule has 0 saturated carbocycles. The van der Waals surface area contributed by atoms with Gasteiger partial charge in [-0.25, -0.2) is 9.78 Å². The Morgan fingerprint density at radius 3 is 2.42 bits per heavy atom. The lowest BCUT2D eigenvalue weighted by atomic mass is 10.1. The van der Waals surface area contributed by atoms with Crippen LogP contribution in [0.5, 0.6) is 0 Å². The molecule has 0 unspecified atom stereocenters. The van der Waals surface area contributed by atoms with Crippen molar-refractivity contribution < 1.29 is 9.90 Å². The summed E-state index contributed by atoms with van der Waals surface area (Å²) in [6.45, 7) is 0.634. The molecule has 2 aromatic heterocycles. The fraction of sp³-hybridized carbons (Fsp3) is 0.100. The van der Waals surface area contributed by atoms with Crippen molar-refractivity contribution in [3.63, 3.8) is 0 Å². The van der Waals surface area contributed by atoms with Crippen LogP contribution in [0.3, 0.4) is 0 Å². The number of thiazole rings is 1. The molecule has 2 aromatic carbocycles. The van der Waals surface area contributed by atoms with Crippen molar-refractivity contribution in [2.75, 3.05) is 6.54 Å². The van der Waals surface area contributed by atoms with E-state index in [1.165, 1.54) is 5.56 Å². The van der Waals surface area contributed by atoms with E-state index in [0.29, 0.717) is 6.54 Å². The summed E-state index contributed by atoms with van der Waals surface area (Å²) in [5, 5.41) is 11.1. The highest BCUT2D eigenvalue weighted by molar-refractivity contribution is 7.16. The first-order valence-corrected chi connectivity index (χ1v) is 9.14. The van der Waals surface area contributed by atoms with E-state index < -0.39 is 5.97 Å². The van der Waals surface area contributed by atoms with E-state index in [1.54, 1.807) is 35.6 Å². The van der Waals surface area contributed by atoms with Crippen molar-refractivity contribution in [1.29, 1.82) is 0 Å². The molecule has 0 bridgehead atoms. The smallest absolute Gasteiger partial charge is 0.335 e. The molecule has 0 atom stereocenters. The standard InChI is InChI=1S/C20H17N3O2S/c21-10-9-13-1-3-14(4-2-13)17-19-23(11-12-26-19)18(22-17)15-5-7-16(8-6-15)20(24)25/h1-8,11-12H,9-10,21H2,(H,24,25). The molecule has 3 N–H and O–H groups in total. The average molecular weight is 363 g/mol. The van der Waals surface area contributed by atoms with Gasteiger partial charge in [0.15, 0.2) is 0 Å². The molecular weight excluding hydrogens is 346 g/mol. The van der Waals surface area contributed by atoms with Gasteiger partial charge in [0.1, 0.15) is 16.3 Å². The minimum Gasteiger partial charge on any atom is -0.478 e. The molecule has 0 radical (unpaired) electrons. The first-order valence-electron chi connectivity index (χ1n) is 8.26. The lowest BCUT2D eigenvalue weighted by Crippen LogP contribution is -2.02. The highest BCUT2D eigenvalue weighted by atomic mass is 32.1. The predicted molar refractivity (Wildman–Crippen MR) is 104 cm³/mol.